The summed E-state index contributed by atoms with van der Waals surface area (Å²) in [5.41, 5.74) is -1.92. The fraction of sp³-hybridized carbons (Fsp3) is 0.643. The minimum absolute atomic E-state index is 0.0162. The number of esters is 1. The van der Waals surface area contributed by atoms with Crippen LogP contribution in [0.3, 0.4) is 0 Å². The van der Waals surface area contributed by atoms with E-state index in [0.717, 1.165) is 10.8 Å². The minimum atomic E-state index is -1.57. The highest BCUT2D eigenvalue weighted by atomic mass is 79.9. The molecule has 1 aromatic rings. The second-order valence-corrected chi connectivity index (χ2v) is 6.45. The van der Waals surface area contributed by atoms with Crippen molar-refractivity contribution in [1.82, 2.24) is 9.55 Å². The summed E-state index contributed by atoms with van der Waals surface area (Å²) in [6, 6.07) is 0. The third-order valence-electron chi connectivity index (χ3n) is 3.80. The number of hydrogen-bond acceptors (Lipinski definition) is 8. The van der Waals surface area contributed by atoms with Gasteiger partial charge in [-0.1, -0.05) is 15.9 Å². The highest BCUT2D eigenvalue weighted by Crippen LogP contribution is 2.28. The second kappa shape index (κ2) is 8.23. The van der Waals surface area contributed by atoms with Crippen molar-refractivity contribution < 1.29 is 29.6 Å². The number of nitrogens with one attached hydrogen (secondary N) is 1. The van der Waals surface area contributed by atoms with Crippen LogP contribution in [0.4, 0.5) is 0 Å². The van der Waals surface area contributed by atoms with Gasteiger partial charge in [-0.05, 0) is 6.92 Å². The van der Waals surface area contributed by atoms with Gasteiger partial charge in [0.25, 0.3) is 5.56 Å². The first kappa shape index (κ1) is 19.8. The molecule has 140 valence electrons. The fourth-order valence-electron chi connectivity index (χ4n) is 2.48. The van der Waals surface area contributed by atoms with Gasteiger partial charge in [-0.25, -0.2) is 4.79 Å². The number of aromatic nitrogens is 2. The minimum Gasteiger partial charge on any atom is -0.465 e. The zero-order valence-corrected chi connectivity index (χ0v) is 14.9. The van der Waals surface area contributed by atoms with Crippen LogP contribution in [0.25, 0.3) is 0 Å². The molecule has 4 N–H and O–H groups in total. The zero-order chi connectivity index (χ0) is 18.7. The number of ether oxygens (including phenoxy) is 2. The average Bonchev–Trinajstić information content (AvgIpc) is 2.94. The summed E-state index contributed by atoms with van der Waals surface area (Å²) in [4.78, 5) is 36.5. The molecule has 0 radical (unpaired) electrons. The van der Waals surface area contributed by atoms with Crippen LogP contribution in [-0.4, -0.2) is 61.1 Å². The molecule has 1 fully saturated rings. The first-order valence-electron chi connectivity index (χ1n) is 7.58. The predicted molar refractivity (Wildman–Crippen MR) is 87.3 cm³/mol. The summed E-state index contributed by atoms with van der Waals surface area (Å²) in [6.45, 7) is 1.26. The van der Waals surface area contributed by atoms with Crippen LogP contribution in [0.15, 0.2) is 15.8 Å². The molecule has 1 aromatic heterocycles. The Hall–Kier alpha value is -1.53. The van der Waals surface area contributed by atoms with Crippen molar-refractivity contribution in [3.05, 3.63) is 32.6 Å². The number of aromatic amines is 1. The molecule has 3 unspecified atom stereocenters. The van der Waals surface area contributed by atoms with Crippen LogP contribution in [0.1, 0.15) is 31.2 Å². The van der Waals surface area contributed by atoms with E-state index in [-0.39, 0.29) is 18.6 Å². The first-order valence-corrected chi connectivity index (χ1v) is 8.50. The third kappa shape index (κ3) is 4.18. The van der Waals surface area contributed by atoms with Crippen LogP contribution < -0.4 is 11.2 Å². The number of alkyl halides is 1. The van der Waals surface area contributed by atoms with E-state index < -0.39 is 53.2 Å². The molecule has 0 aliphatic carbocycles. The molecule has 25 heavy (non-hydrogen) atoms. The van der Waals surface area contributed by atoms with E-state index in [1.54, 1.807) is 6.92 Å². The van der Waals surface area contributed by atoms with E-state index in [9.17, 15) is 24.6 Å². The van der Waals surface area contributed by atoms with E-state index in [1.165, 1.54) is 0 Å². The van der Waals surface area contributed by atoms with Crippen molar-refractivity contribution in [1.29, 1.82) is 0 Å². The quantitative estimate of drug-likeness (QED) is 0.320. The number of H-pyrrole nitrogens is 1. The third-order valence-corrected chi connectivity index (χ3v) is 4.67. The van der Waals surface area contributed by atoms with Crippen LogP contribution in [0.5, 0.6) is 0 Å². The monoisotopic (exact) mass is 422 g/mol. The van der Waals surface area contributed by atoms with Crippen LogP contribution in [-0.2, 0) is 14.3 Å². The van der Waals surface area contributed by atoms with Gasteiger partial charge in [0.2, 0.25) is 0 Å². The Bertz CT molecular complexity index is 732. The molecule has 1 aliphatic rings. The largest absolute Gasteiger partial charge is 0.465 e. The summed E-state index contributed by atoms with van der Waals surface area (Å²) in [6.07, 6.45) is -3.27. The van der Waals surface area contributed by atoms with Gasteiger partial charge >= 0.3 is 11.7 Å². The molecule has 1 saturated heterocycles. The Morgan fingerprint density at radius 2 is 2.24 bits per heavy atom. The van der Waals surface area contributed by atoms with Crippen molar-refractivity contribution in [2.24, 2.45) is 0 Å². The van der Waals surface area contributed by atoms with E-state index in [4.69, 9.17) is 14.6 Å². The summed E-state index contributed by atoms with van der Waals surface area (Å²) in [5.74, 6) is -0.764. The van der Waals surface area contributed by atoms with Gasteiger partial charge in [-0.2, -0.15) is 0 Å². The Morgan fingerprint density at radius 1 is 1.56 bits per heavy atom. The predicted octanol–water partition coefficient (Wildman–Crippen LogP) is -1.46. The smallest absolute Gasteiger partial charge is 0.330 e. The van der Waals surface area contributed by atoms with Gasteiger partial charge in [0.15, 0.2) is 0 Å². The van der Waals surface area contributed by atoms with Crippen molar-refractivity contribution in [2.75, 3.05) is 13.2 Å². The zero-order valence-electron chi connectivity index (χ0n) is 13.3. The van der Waals surface area contributed by atoms with Crippen LogP contribution in [0.2, 0.25) is 0 Å². The average molecular weight is 423 g/mol. The Morgan fingerprint density at radius 3 is 2.80 bits per heavy atom. The summed E-state index contributed by atoms with van der Waals surface area (Å²) in [5, 5.41) is 29.2. The van der Waals surface area contributed by atoms with Gasteiger partial charge in [0.05, 0.1) is 24.9 Å². The highest BCUT2D eigenvalue weighted by molar-refractivity contribution is 9.10. The van der Waals surface area contributed by atoms with Crippen molar-refractivity contribution >= 4 is 21.9 Å². The number of carbonyl (C=O) groups excluding carboxylic acids is 1. The Kier molecular flexibility index (Phi) is 6.52. The molecule has 2 heterocycles. The maximum absolute atomic E-state index is 12.0. The Balaban J connectivity index is 2.34. The number of hydrogen-bond donors (Lipinski definition) is 4. The molecule has 0 saturated carbocycles. The second-order valence-electron chi connectivity index (χ2n) is 5.46. The van der Waals surface area contributed by atoms with E-state index in [2.05, 4.69) is 15.9 Å². The molecule has 2 rings (SSSR count). The lowest BCUT2D eigenvalue weighted by molar-refractivity contribution is -0.144. The van der Waals surface area contributed by atoms with Gasteiger partial charge in [0, 0.05) is 12.6 Å². The molecule has 0 amide bonds. The molecule has 1 aliphatic heterocycles. The number of carbonyl (C=O) groups is 1. The van der Waals surface area contributed by atoms with Gasteiger partial charge in [0.1, 0.15) is 23.3 Å². The molecule has 0 spiro atoms. The maximum Gasteiger partial charge on any atom is 0.330 e. The van der Waals surface area contributed by atoms with E-state index in [0.29, 0.717) is 0 Å². The van der Waals surface area contributed by atoms with Crippen molar-refractivity contribution in [3.63, 3.8) is 0 Å². The summed E-state index contributed by atoms with van der Waals surface area (Å²) >= 11 is 2.97. The number of aliphatic hydroxyl groups is 3. The highest BCUT2D eigenvalue weighted by Gasteiger charge is 2.36. The van der Waals surface area contributed by atoms with Crippen molar-refractivity contribution in [3.8, 4) is 0 Å². The molecule has 0 aromatic carbocycles. The van der Waals surface area contributed by atoms with Gasteiger partial charge in [-0.15, -0.1) is 0 Å². The topological polar surface area (TPSA) is 151 Å². The molecule has 5 atom stereocenters. The maximum atomic E-state index is 12.0. The normalized spacial score (nSPS) is 25.6. The van der Waals surface area contributed by atoms with Crippen LogP contribution in [0, 0.1) is 0 Å². The summed E-state index contributed by atoms with van der Waals surface area (Å²) in [7, 11) is 0. The fourth-order valence-corrected chi connectivity index (χ4v) is 2.90. The van der Waals surface area contributed by atoms with Crippen LogP contribution >= 0.6 is 15.9 Å². The van der Waals surface area contributed by atoms with Gasteiger partial charge < -0.3 is 24.8 Å². The van der Waals surface area contributed by atoms with E-state index >= 15 is 0 Å². The number of aliphatic hydroxyl groups excluding tert-OH is 3. The molecule has 11 heteroatoms. The number of rotatable bonds is 6. The first-order chi connectivity index (χ1) is 11.8. The lowest BCUT2D eigenvalue weighted by Gasteiger charge is -2.19. The lowest BCUT2D eigenvalue weighted by atomic mass is 10.1. The molecule has 10 nitrogen and oxygen atoms in total. The SMILES string of the molecule is CCOC(=O)C(Br)C(O)c1cn([C@H]2C[C@@H](O)C(CO)O2)c(=O)[nH]c1=O. The lowest BCUT2D eigenvalue weighted by Crippen LogP contribution is -2.37. The van der Waals surface area contributed by atoms with Crippen molar-refractivity contribution in [2.45, 2.75) is 42.7 Å². The van der Waals surface area contributed by atoms with E-state index in [1.807, 2.05) is 4.98 Å². The summed E-state index contributed by atoms with van der Waals surface area (Å²) < 4.78 is 11.1. The standard InChI is InChI=1S/C14H19BrN2O8/c1-2-24-13(22)10(15)11(20)6-4-17(14(23)16-12(6)21)9-3-7(19)8(5-18)25-9/h4,7-11,18-20H,2-3,5H2,1H3,(H,16,21,23)/t7-,8?,9-,10?,11?/m1/s1. The molecular weight excluding hydrogens is 404 g/mol. The molecule has 0 bridgehead atoms. The number of halogens is 1. The molecular formula is C14H19BrN2O8. The van der Waals surface area contributed by atoms with Gasteiger partial charge in [-0.3, -0.25) is 19.1 Å². The Labute approximate surface area is 150 Å². The number of nitrogens with zero attached hydrogens (tertiary/aromatic N) is 1.